The number of nitrogens with zero attached hydrogens (tertiary/aromatic N) is 2. The number of benzene rings is 1. The highest BCUT2D eigenvalue weighted by atomic mass is 19.4. The molecule has 148 valence electrons. The molecule has 0 radical (unpaired) electrons. The third-order valence-electron chi connectivity index (χ3n) is 5.32. The van der Waals surface area contributed by atoms with E-state index in [4.69, 9.17) is 0 Å². The van der Waals surface area contributed by atoms with E-state index in [1.54, 1.807) is 0 Å². The number of aliphatic hydroxyl groups excluding tert-OH is 1. The van der Waals surface area contributed by atoms with Gasteiger partial charge < -0.3 is 5.11 Å². The highest BCUT2D eigenvalue weighted by Crippen LogP contribution is 2.56. The zero-order valence-electron chi connectivity index (χ0n) is 14.8. The Morgan fingerprint density at radius 2 is 1.86 bits per heavy atom. The summed E-state index contributed by atoms with van der Waals surface area (Å²) in [5.41, 5.74) is -1.67. The summed E-state index contributed by atoms with van der Waals surface area (Å²) in [6.45, 7) is 1.45. The number of hydrogen-bond donors (Lipinski definition) is 3. The van der Waals surface area contributed by atoms with E-state index in [2.05, 4.69) is 15.1 Å². The fourth-order valence-electron chi connectivity index (χ4n) is 3.61. The van der Waals surface area contributed by atoms with E-state index in [1.165, 1.54) is 16.8 Å². The second kappa shape index (κ2) is 6.06. The molecule has 1 aliphatic carbocycles. The Labute approximate surface area is 155 Å². The second-order valence-corrected chi connectivity index (χ2v) is 7.36. The van der Waals surface area contributed by atoms with Crippen LogP contribution >= 0.6 is 0 Å². The number of fused-ring (bicyclic) bond motifs is 1. The summed E-state index contributed by atoms with van der Waals surface area (Å²) in [5.74, 6) is 0. The summed E-state index contributed by atoms with van der Waals surface area (Å²) in [6.07, 6.45) is -2.83. The Balaban J connectivity index is 1.93. The first kappa shape index (κ1) is 18.5. The molecule has 3 N–H and O–H groups in total. The Kier molecular flexibility index (Phi) is 4.00. The van der Waals surface area contributed by atoms with E-state index in [1.807, 2.05) is 6.92 Å². The van der Waals surface area contributed by atoms with E-state index >= 15 is 0 Å². The van der Waals surface area contributed by atoms with Gasteiger partial charge in [-0.25, -0.2) is 9.48 Å². The molecular weight excluding hydrogens is 377 g/mol. The molecule has 1 atom stereocenters. The first-order chi connectivity index (χ1) is 13.1. The number of H-pyrrole nitrogens is 2. The van der Waals surface area contributed by atoms with Crippen molar-refractivity contribution >= 4 is 11.0 Å². The molecule has 2 aromatic heterocycles. The molecule has 0 amide bonds. The first-order valence-corrected chi connectivity index (χ1v) is 8.66. The summed E-state index contributed by atoms with van der Waals surface area (Å²) in [5, 5.41) is 14.0. The van der Waals surface area contributed by atoms with Crippen molar-refractivity contribution in [1.82, 2.24) is 19.7 Å². The van der Waals surface area contributed by atoms with Crippen LogP contribution in [0.3, 0.4) is 0 Å². The minimum absolute atomic E-state index is 0.0586. The molecule has 4 rings (SSSR count). The van der Waals surface area contributed by atoms with Gasteiger partial charge in [0, 0.05) is 0 Å². The van der Waals surface area contributed by atoms with E-state index in [9.17, 15) is 27.9 Å². The van der Waals surface area contributed by atoms with Crippen LogP contribution in [0.1, 0.15) is 42.6 Å². The van der Waals surface area contributed by atoms with Gasteiger partial charge in [-0.1, -0.05) is 19.1 Å². The molecule has 28 heavy (non-hydrogen) atoms. The predicted molar refractivity (Wildman–Crippen MR) is 93.8 cm³/mol. The average Bonchev–Trinajstić information content (AvgIpc) is 3.25. The van der Waals surface area contributed by atoms with Crippen LogP contribution in [0.15, 0.2) is 33.9 Å². The molecule has 0 spiro atoms. The Morgan fingerprint density at radius 1 is 1.21 bits per heavy atom. The van der Waals surface area contributed by atoms with Crippen molar-refractivity contribution in [3.63, 3.8) is 0 Å². The number of nitrogens with one attached hydrogen (secondary N) is 2. The lowest BCUT2D eigenvalue weighted by molar-refractivity contribution is -0.137. The molecule has 0 saturated heterocycles. The maximum absolute atomic E-state index is 12.9. The van der Waals surface area contributed by atoms with Gasteiger partial charge >= 0.3 is 11.9 Å². The van der Waals surface area contributed by atoms with E-state index in [0.717, 1.165) is 25.0 Å². The number of aromatic nitrogens is 4. The number of aliphatic hydroxyl groups is 1. The van der Waals surface area contributed by atoms with Crippen molar-refractivity contribution in [3.05, 3.63) is 61.9 Å². The molecule has 1 saturated carbocycles. The van der Waals surface area contributed by atoms with E-state index in [-0.39, 0.29) is 22.1 Å². The summed E-state index contributed by atoms with van der Waals surface area (Å²) < 4.78 is 40.2. The lowest BCUT2D eigenvalue weighted by Gasteiger charge is -2.25. The molecule has 1 aliphatic rings. The van der Waals surface area contributed by atoms with Crippen molar-refractivity contribution in [2.45, 2.75) is 38.6 Å². The number of aromatic amines is 2. The normalized spacial score (nSPS) is 17.0. The van der Waals surface area contributed by atoms with Crippen LogP contribution in [0.2, 0.25) is 0 Å². The molecule has 3 aromatic rings. The summed E-state index contributed by atoms with van der Waals surface area (Å²) in [6, 6.07) is 4.27. The maximum Gasteiger partial charge on any atom is 0.416 e. The average molecular weight is 394 g/mol. The Morgan fingerprint density at radius 3 is 2.39 bits per heavy atom. The Bertz CT molecular complexity index is 1150. The fraction of sp³-hybridized carbons (Fsp3) is 0.389. The first-order valence-electron chi connectivity index (χ1n) is 8.66. The van der Waals surface area contributed by atoms with Gasteiger partial charge in [0.05, 0.1) is 18.2 Å². The number of hydrogen-bond acceptors (Lipinski definition) is 4. The van der Waals surface area contributed by atoms with Crippen molar-refractivity contribution in [1.29, 1.82) is 0 Å². The van der Waals surface area contributed by atoms with Gasteiger partial charge in [0.1, 0.15) is 16.7 Å². The van der Waals surface area contributed by atoms with Gasteiger partial charge in [-0.15, -0.1) is 0 Å². The maximum atomic E-state index is 12.9. The highest BCUT2D eigenvalue weighted by Gasteiger charge is 2.48. The van der Waals surface area contributed by atoms with Crippen LogP contribution in [-0.4, -0.2) is 24.9 Å². The largest absolute Gasteiger partial charge is 0.416 e. The Hall–Kier alpha value is -2.88. The van der Waals surface area contributed by atoms with Gasteiger partial charge in [-0.2, -0.15) is 18.3 Å². The second-order valence-electron chi connectivity index (χ2n) is 7.36. The molecule has 10 heteroatoms. The molecule has 0 unspecified atom stereocenters. The van der Waals surface area contributed by atoms with Crippen molar-refractivity contribution in [2.24, 2.45) is 5.41 Å². The molecule has 0 aliphatic heterocycles. The molecule has 2 heterocycles. The fourth-order valence-corrected chi connectivity index (χ4v) is 3.61. The van der Waals surface area contributed by atoms with Crippen LogP contribution in [0.5, 0.6) is 0 Å². The molecular formula is C18H17F3N4O3. The van der Waals surface area contributed by atoms with Gasteiger partial charge in [-0.05, 0) is 36.0 Å². The SMILES string of the molecule is CC1([C@H](c2ccc(C(F)(F)F)cc2)n2nc(CO)c3c(=O)[nH]c(=O)[nH]c32)CC1. The smallest absolute Gasteiger partial charge is 0.390 e. The third kappa shape index (κ3) is 2.93. The van der Waals surface area contributed by atoms with Crippen LogP contribution in [0.4, 0.5) is 13.2 Å². The minimum Gasteiger partial charge on any atom is -0.390 e. The number of rotatable bonds is 4. The van der Waals surface area contributed by atoms with Gasteiger partial charge in [0.2, 0.25) is 0 Å². The van der Waals surface area contributed by atoms with Gasteiger partial charge in [-0.3, -0.25) is 14.8 Å². The third-order valence-corrected chi connectivity index (χ3v) is 5.32. The minimum atomic E-state index is -4.45. The van der Waals surface area contributed by atoms with E-state index < -0.39 is 35.6 Å². The molecule has 1 aromatic carbocycles. The lowest BCUT2D eigenvalue weighted by atomic mass is 9.91. The molecule has 1 fully saturated rings. The van der Waals surface area contributed by atoms with Gasteiger partial charge in [0.25, 0.3) is 5.56 Å². The zero-order chi connectivity index (χ0) is 20.3. The summed E-state index contributed by atoms with van der Waals surface area (Å²) in [7, 11) is 0. The van der Waals surface area contributed by atoms with Crippen molar-refractivity contribution < 1.29 is 18.3 Å². The quantitative estimate of drug-likeness (QED) is 0.632. The van der Waals surface area contributed by atoms with E-state index in [0.29, 0.717) is 5.56 Å². The lowest BCUT2D eigenvalue weighted by Crippen LogP contribution is -2.25. The summed E-state index contributed by atoms with van der Waals surface area (Å²) >= 11 is 0. The van der Waals surface area contributed by atoms with Gasteiger partial charge in [0.15, 0.2) is 0 Å². The number of halogens is 3. The van der Waals surface area contributed by atoms with Crippen LogP contribution < -0.4 is 11.2 Å². The molecule has 0 bridgehead atoms. The van der Waals surface area contributed by atoms with Crippen molar-refractivity contribution in [2.75, 3.05) is 0 Å². The predicted octanol–water partition coefficient (Wildman–Crippen LogP) is 2.31. The summed E-state index contributed by atoms with van der Waals surface area (Å²) in [4.78, 5) is 28.6. The van der Waals surface area contributed by atoms with Crippen LogP contribution in [-0.2, 0) is 12.8 Å². The highest BCUT2D eigenvalue weighted by molar-refractivity contribution is 5.77. The van der Waals surface area contributed by atoms with Crippen LogP contribution in [0.25, 0.3) is 11.0 Å². The standard InChI is InChI=1S/C18H17F3N4O3/c1-17(6-7-17)13(9-2-4-10(5-3-9)18(19,20)21)25-14-12(11(8-26)24-25)15(27)23-16(28)22-14/h2-5,13,26H,6-8H2,1H3,(H2,22,23,27,28)/t13-/m0/s1. The zero-order valence-corrected chi connectivity index (χ0v) is 14.8. The topological polar surface area (TPSA) is 104 Å². The van der Waals surface area contributed by atoms with Crippen LogP contribution in [0, 0.1) is 5.41 Å². The monoisotopic (exact) mass is 394 g/mol. The molecule has 7 nitrogen and oxygen atoms in total. The van der Waals surface area contributed by atoms with Crippen molar-refractivity contribution in [3.8, 4) is 0 Å². The number of alkyl halides is 3.